The second-order valence-corrected chi connectivity index (χ2v) is 3.42. The molecule has 1 aliphatic heterocycles. The molecule has 0 amide bonds. The molecule has 1 rings (SSSR count). The highest BCUT2D eigenvalue weighted by Gasteiger charge is 2.09. The van der Waals surface area contributed by atoms with Gasteiger partial charge in [0.05, 0.1) is 5.70 Å². The highest BCUT2D eigenvalue weighted by Crippen LogP contribution is 1.99. The van der Waals surface area contributed by atoms with Gasteiger partial charge < -0.3 is 4.84 Å². The van der Waals surface area contributed by atoms with E-state index in [-0.39, 0.29) is 0 Å². The fourth-order valence-electron chi connectivity index (χ4n) is 0.613. The minimum absolute atomic E-state index is 0.301. The number of allylic oxidation sites excluding steroid dienone is 2. The summed E-state index contributed by atoms with van der Waals surface area (Å²) in [6.45, 7) is 0. The van der Waals surface area contributed by atoms with Crippen LogP contribution in [0, 0.1) is 0 Å². The Morgan fingerprint density at radius 2 is 2.36 bits per heavy atom. The summed E-state index contributed by atoms with van der Waals surface area (Å²) >= 11 is 0. The van der Waals surface area contributed by atoms with Crippen LogP contribution in [0.25, 0.3) is 0 Å². The maximum atomic E-state index is 10.3. The van der Waals surface area contributed by atoms with Gasteiger partial charge in [0.15, 0.2) is 0 Å². The largest absolute Gasteiger partial charge is 0.390 e. The molecule has 0 saturated heterocycles. The van der Waals surface area contributed by atoms with Gasteiger partial charge in [-0.25, -0.2) is 5.48 Å². The summed E-state index contributed by atoms with van der Waals surface area (Å²) in [6, 6.07) is 0. The summed E-state index contributed by atoms with van der Waals surface area (Å²) in [4.78, 5) is 4.55. The average molecular weight is 177 g/mol. The Balaban J connectivity index is 2.63. The lowest BCUT2D eigenvalue weighted by Gasteiger charge is -2.09. The fourth-order valence-corrected chi connectivity index (χ4v) is 1.16. The first kappa shape index (κ1) is 8.09. The Labute approximate surface area is 64.1 Å². The van der Waals surface area contributed by atoms with Crippen LogP contribution in [0.3, 0.4) is 0 Å². The van der Waals surface area contributed by atoms with E-state index >= 15 is 0 Å². The molecule has 0 atom stereocenters. The molecule has 11 heavy (non-hydrogen) atoms. The predicted molar refractivity (Wildman–Crippen MR) is 37.9 cm³/mol. The zero-order valence-electron chi connectivity index (χ0n) is 5.52. The SMILES string of the molecule is O=S(=O)(O)CC1=CC=CON1. The smallest absolute Gasteiger partial charge is 0.270 e. The zero-order chi connectivity index (χ0) is 8.32. The minimum Gasteiger partial charge on any atom is -0.390 e. The van der Waals surface area contributed by atoms with Crippen LogP contribution >= 0.6 is 0 Å². The second kappa shape index (κ2) is 2.93. The maximum Gasteiger partial charge on any atom is 0.270 e. The van der Waals surface area contributed by atoms with Crippen molar-refractivity contribution in [3.05, 3.63) is 24.1 Å². The quantitative estimate of drug-likeness (QED) is 0.571. The van der Waals surface area contributed by atoms with Crippen LogP contribution in [0.2, 0.25) is 0 Å². The molecule has 0 radical (unpaired) electrons. The first-order chi connectivity index (χ1) is 5.08. The molecular weight excluding hydrogens is 170 g/mol. The van der Waals surface area contributed by atoms with Crippen LogP contribution in [0.1, 0.15) is 0 Å². The molecule has 0 aliphatic carbocycles. The maximum absolute atomic E-state index is 10.3. The van der Waals surface area contributed by atoms with Crippen LogP contribution < -0.4 is 5.48 Å². The molecule has 1 heterocycles. The molecule has 5 nitrogen and oxygen atoms in total. The van der Waals surface area contributed by atoms with Crippen molar-refractivity contribution in [2.75, 3.05) is 5.75 Å². The topological polar surface area (TPSA) is 75.6 Å². The Hall–Kier alpha value is -1.01. The van der Waals surface area contributed by atoms with E-state index in [0.29, 0.717) is 5.70 Å². The van der Waals surface area contributed by atoms with E-state index in [9.17, 15) is 8.42 Å². The summed E-state index contributed by atoms with van der Waals surface area (Å²) < 4.78 is 29.0. The van der Waals surface area contributed by atoms with Gasteiger partial charge in [-0.1, -0.05) is 0 Å². The monoisotopic (exact) mass is 177 g/mol. The van der Waals surface area contributed by atoms with E-state index in [1.165, 1.54) is 18.4 Å². The van der Waals surface area contributed by atoms with Crippen molar-refractivity contribution in [1.29, 1.82) is 0 Å². The molecule has 0 spiro atoms. The third-order valence-corrected chi connectivity index (χ3v) is 1.65. The van der Waals surface area contributed by atoms with E-state index in [1.807, 2.05) is 0 Å². The fraction of sp³-hybridized carbons (Fsp3) is 0.200. The molecule has 0 unspecified atom stereocenters. The summed E-state index contributed by atoms with van der Waals surface area (Å²) in [5.41, 5.74) is 2.61. The Morgan fingerprint density at radius 1 is 1.64 bits per heavy atom. The lowest BCUT2D eigenvalue weighted by Crippen LogP contribution is -2.20. The van der Waals surface area contributed by atoms with Crippen LogP contribution in [0.4, 0.5) is 0 Å². The summed E-state index contributed by atoms with van der Waals surface area (Å²) in [5, 5.41) is 0. The third kappa shape index (κ3) is 3.06. The first-order valence-electron chi connectivity index (χ1n) is 2.80. The molecule has 0 fully saturated rings. The van der Waals surface area contributed by atoms with E-state index in [1.54, 1.807) is 0 Å². The lowest BCUT2D eigenvalue weighted by molar-refractivity contribution is 0.160. The molecule has 0 aromatic rings. The van der Waals surface area contributed by atoms with Crippen molar-refractivity contribution in [3.63, 3.8) is 0 Å². The van der Waals surface area contributed by atoms with Crippen molar-refractivity contribution in [2.45, 2.75) is 0 Å². The van der Waals surface area contributed by atoms with E-state index < -0.39 is 15.9 Å². The van der Waals surface area contributed by atoms with E-state index in [0.717, 1.165) is 0 Å². The van der Waals surface area contributed by atoms with Gasteiger partial charge in [-0.05, 0) is 12.2 Å². The normalized spacial score (nSPS) is 16.6. The summed E-state index contributed by atoms with van der Waals surface area (Å²) in [5.74, 6) is -0.461. The van der Waals surface area contributed by atoms with Crippen molar-refractivity contribution in [3.8, 4) is 0 Å². The van der Waals surface area contributed by atoms with Crippen LogP contribution in [0.5, 0.6) is 0 Å². The van der Waals surface area contributed by atoms with Crippen LogP contribution in [-0.2, 0) is 15.0 Å². The van der Waals surface area contributed by atoms with E-state index in [4.69, 9.17) is 4.55 Å². The molecular formula is C5H7NO4S. The van der Waals surface area contributed by atoms with Crippen LogP contribution in [0.15, 0.2) is 24.1 Å². The average Bonchev–Trinajstić information content (AvgIpc) is 1.85. The van der Waals surface area contributed by atoms with E-state index in [2.05, 4.69) is 10.3 Å². The minimum atomic E-state index is -3.97. The predicted octanol–water partition coefficient (Wildman–Crippen LogP) is -0.193. The van der Waals surface area contributed by atoms with Crippen LogP contribution in [-0.4, -0.2) is 18.7 Å². The Kier molecular flexibility index (Phi) is 2.16. The van der Waals surface area contributed by atoms with Crippen molar-refractivity contribution in [2.24, 2.45) is 0 Å². The van der Waals surface area contributed by atoms with Gasteiger partial charge in [0.1, 0.15) is 12.0 Å². The molecule has 0 aromatic carbocycles. The van der Waals surface area contributed by atoms with Gasteiger partial charge >= 0.3 is 0 Å². The van der Waals surface area contributed by atoms with Gasteiger partial charge in [0.25, 0.3) is 10.1 Å². The highest BCUT2D eigenvalue weighted by molar-refractivity contribution is 7.85. The molecule has 0 aromatic heterocycles. The van der Waals surface area contributed by atoms with Gasteiger partial charge in [-0.3, -0.25) is 4.55 Å². The molecule has 62 valence electrons. The number of nitrogens with one attached hydrogen (secondary N) is 1. The first-order valence-corrected chi connectivity index (χ1v) is 4.41. The Bertz CT molecular complexity index is 290. The third-order valence-electron chi connectivity index (χ3n) is 0.972. The summed E-state index contributed by atoms with van der Waals surface area (Å²) in [6.07, 6.45) is 4.38. The van der Waals surface area contributed by atoms with Crippen molar-refractivity contribution < 1.29 is 17.8 Å². The van der Waals surface area contributed by atoms with Crippen molar-refractivity contribution in [1.82, 2.24) is 5.48 Å². The van der Waals surface area contributed by atoms with Gasteiger partial charge in [0.2, 0.25) is 0 Å². The molecule has 0 saturated carbocycles. The molecule has 1 aliphatic rings. The second-order valence-electron chi connectivity index (χ2n) is 1.97. The lowest BCUT2D eigenvalue weighted by atomic mass is 10.4. The number of hydrogen-bond acceptors (Lipinski definition) is 4. The number of hydrogen-bond donors (Lipinski definition) is 2. The highest BCUT2D eigenvalue weighted by atomic mass is 32.2. The molecule has 6 heteroatoms. The molecule has 2 N–H and O–H groups in total. The van der Waals surface area contributed by atoms with Gasteiger partial charge in [-0.15, -0.1) is 0 Å². The standard InChI is InChI=1S/C5H7NO4S/c7-11(8,9)4-5-2-1-3-10-6-5/h1-3,6H,4H2,(H,7,8,9). The number of rotatable bonds is 2. The Morgan fingerprint density at radius 3 is 2.82 bits per heavy atom. The summed E-state index contributed by atoms with van der Waals surface area (Å²) in [7, 11) is -3.97. The van der Waals surface area contributed by atoms with Gasteiger partial charge in [-0.2, -0.15) is 8.42 Å². The zero-order valence-corrected chi connectivity index (χ0v) is 6.34. The number of hydroxylamine groups is 1. The van der Waals surface area contributed by atoms with Crippen molar-refractivity contribution >= 4 is 10.1 Å². The van der Waals surface area contributed by atoms with Gasteiger partial charge in [0, 0.05) is 0 Å². The molecule has 0 bridgehead atoms.